The van der Waals surface area contributed by atoms with Gasteiger partial charge in [-0.3, -0.25) is 0 Å². The number of carboxylic acids is 1. The monoisotopic (exact) mass is 160 g/mol. The van der Waals surface area contributed by atoms with Crippen LogP contribution in [-0.4, -0.2) is 37.5 Å². The smallest absolute Gasteiger partial charge is 0.329 e. The molecule has 0 amide bonds. The molecular weight excluding hydrogens is 148 g/mol. The lowest BCUT2D eigenvalue weighted by Crippen LogP contribution is -2.28. The average molecular weight is 160 g/mol. The molecular formula is C7H12O4. The molecule has 0 atom stereocenters. The summed E-state index contributed by atoms with van der Waals surface area (Å²) in [6, 6.07) is 0. The number of aliphatic carboxylic acids is 1. The summed E-state index contributed by atoms with van der Waals surface area (Å²) in [7, 11) is 0. The fourth-order valence-electron chi connectivity index (χ4n) is 0.861. The zero-order valence-corrected chi connectivity index (χ0v) is 6.28. The van der Waals surface area contributed by atoms with E-state index in [0.29, 0.717) is 12.5 Å². The molecule has 0 aromatic heterocycles. The van der Waals surface area contributed by atoms with Crippen LogP contribution in [0.15, 0.2) is 0 Å². The van der Waals surface area contributed by atoms with Gasteiger partial charge < -0.3 is 14.6 Å². The van der Waals surface area contributed by atoms with Crippen molar-refractivity contribution in [2.24, 2.45) is 5.92 Å². The van der Waals surface area contributed by atoms with Gasteiger partial charge >= 0.3 is 5.97 Å². The Kier molecular flexibility index (Phi) is 3.32. The van der Waals surface area contributed by atoms with E-state index in [2.05, 4.69) is 0 Å². The Balaban J connectivity index is 1.83. The second-order valence-corrected chi connectivity index (χ2v) is 2.64. The first-order valence-corrected chi connectivity index (χ1v) is 3.66. The summed E-state index contributed by atoms with van der Waals surface area (Å²) in [5, 5.41) is 8.20. The highest BCUT2D eigenvalue weighted by atomic mass is 16.5. The van der Waals surface area contributed by atoms with Gasteiger partial charge in [0, 0.05) is 12.5 Å². The summed E-state index contributed by atoms with van der Waals surface area (Å²) in [6.45, 7) is 1.95. The van der Waals surface area contributed by atoms with Gasteiger partial charge in [-0.15, -0.1) is 0 Å². The van der Waals surface area contributed by atoms with Crippen molar-refractivity contribution in [3.05, 3.63) is 0 Å². The molecule has 1 aliphatic rings. The molecule has 1 rings (SSSR count). The minimum Gasteiger partial charge on any atom is -0.480 e. The maximum absolute atomic E-state index is 9.98. The molecule has 0 spiro atoms. The van der Waals surface area contributed by atoms with Crippen LogP contribution in [0.1, 0.15) is 6.42 Å². The zero-order valence-electron chi connectivity index (χ0n) is 6.28. The Bertz CT molecular complexity index is 130. The number of rotatable bonds is 5. The van der Waals surface area contributed by atoms with E-state index in [4.69, 9.17) is 14.6 Å². The average Bonchev–Trinajstić information content (AvgIpc) is 1.82. The van der Waals surface area contributed by atoms with Crippen LogP contribution in [0.4, 0.5) is 0 Å². The SMILES string of the molecule is O=C(O)COCCC1COC1. The predicted octanol–water partition coefficient (Wildman–Crippen LogP) is 0.124. The van der Waals surface area contributed by atoms with Crippen LogP contribution in [0.3, 0.4) is 0 Å². The highest BCUT2D eigenvalue weighted by Crippen LogP contribution is 2.13. The van der Waals surface area contributed by atoms with Crippen molar-refractivity contribution < 1.29 is 19.4 Å². The normalized spacial score (nSPS) is 17.8. The van der Waals surface area contributed by atoms with E-state index < -0.39 is 5.97 Å². The van der Waals surface area contributed by atoms with E-state index >= 15 is 0 Å². The van der Waals surface area contributed by atoms with E-state index in [-0.39, 0.29) is 6.61 Å². The second kappa shape index (κ2) is 4.31. The molecule has 1 fully saturated rings. The molecule has 4 nitrogen and oxygen atoms in total. The van der Waals surface area contributed by atoms with Crippen LogP contribution in [0, 0.1) is 5.92 Å². The molecule has 0 saturated carbocycles. The third-order valence-corrected chi connectivity index (χ3v) is 1.60. The molecule has 1 heterocycles. The van der Waals surface area contributed by atoms with E-state index in [1.165, 1.54) is 0 Å². The van der Waals surface area contributed by atoms with Crippen molar-refractivity contribution in [2.75, 3.05) is 26.4 Å². The van der Waals surface area contributed by atoms with Crippen molar-refractivity contribution in [3.63, 3.8) is 0 Å². The standard InChI is InChI=1S/C7H12O4/c8-7(9)5-10-2-1-6-3-11-4-6/h6H,1-5H2,(H,8,9). The van der Waals surface area contributed by atoms with Gasteiger partial charge in [0.1, 0.15) is 6.61 Å². The third kappa shape index (κ3) is 3.34. The lowest BCUT2D eigenvalue weighted by molar-refractivity contribution is -0.142. The van der Waals surface area contributed by atoms with Gasteiger partial charge in [-0.1, -0.05) is 0 Å². The van der Waals surface area contributed by atoms with Crippen molar-refractivity contribution in [1.29, 1.82) is 0 Å². The minimum atomic E-state index is -0.908. The number of hydrogen-bond acceptors (Lipinski definition) is 3. The molecule has 0 bridgehead atoms. The summed E-state index contributed by atoms with van der Waals surface area (Å²) in [5.74, 6) is -0.321. The number of hydrogen-bond donors (Lipinski definition) is 1. The van der Waals surface area contributed by atoms with Crippen LogP contribution in [0.5, 0.6) is 0 Å². The summed E-state index contributed by atoms with van der Waals surface area (Å²) < 4.78 is 9.79. The molecule has 4 heteroatoms. The Labute approximate surface area is 65.1 Å². The van der Waals surface area contributed by atoms with E-state index in [0.717, 1.165) is 19.6 Å². The van der Waals surface area contributed by atoms with Crippen molar-refractivity contribution >= 4 is 5.97 Å². The van der Waals surface area contributed by atoms with Gasteiger partial charge in [-0.25, -0.2) is 4.79 Å². The Morgan fingerprint density at radius 2 is 2.36 bits per heavy atom. The molecule has 0 radical (unpaired) electrons. The van der Waals surface area contributed by atoms with Crippen LogP contribution in [-0.2, 0) is 14.3 Å². The van der Waals surface area contributed by atoms with Crippen LogP contribution in [0.2, 0.25) is 0 Å². The number of carboxylic acid groups (broad SMARTS) is 1. The highest BCUT2D eigenvalue weighted by molar-refractivity contribution is 5.67. The fraction of sp³-hybridized carbons (Fsp3) is 0.857. The summed E-state index contributed by atoms with van der Waals surface area (Å²) in [4.78, 5) is 9.98. The molecule has 64 valence electrons. The predicted molar refractivity (Wildman–Crippen MR) is 37.4 cm³/mol. The number of carbonyl (C=O) groups is 1. The molecule has 0 aliphatic carbocycles. The minimum absolute atomic E-state index is 0.187. The zero-order chi connectivity index (χ0) is 8.10. The quantitative estimate of drug-likeness (QED) is 0.580. The van der Waals surface area contributed by atoms with Gasteiger partial charge in [0.15, 0.2) is 0 Å². The third-order valence-electron chi connectivity index (χ3n) is 1.60. The molecule has 1 saturated heterocycles. The summed E-state index contributed by atoms with van der Waals surface area (Å²) >= 11 is 0. The summed E-state index contributed by atoms with van der Waals surface area (Å²) in [5.41, 5.74) is 0. The van der Waals surface area contributed by atoms with Crippen molar-refractivity contribution in [1.82, 2.24) is 0 Å². The highest BCUT2D eigenvalue weighted by Gasteiger charge is 2.17. The topological polar surface area (TPSA) is 55.8 Å². The van der Waals surface area contributed by atoms with Crippen LogP contribution in [0.25, 0.3) is 0 Å². The molecule has 1 aliphatic heterocycles. The van der Waals surface area contributed by atoms with E-state index in [9.17, 15) is 4.79 Å². The Morgan fingerprint density at radius 1 is 1.64 bits per heavy atom. The summed E-state index contributed by atoms with van der Waals surface area (Å²) in [6.07, 6.45) is 0.910. The van der Waals surface area contributed by atoms with Gasteiger partial charge in [0.05, 0.1) is 13.2 Å². The Hall–Kier alpha value is -0.610. The first kappa shape index (κ1) is 8.49. The molecule has 0 aromatic rings. The van der Waals surface area contributed by atoms with Gasteiger partial charge in [-0.05, 0) is 6.42 Å². The Morgan fingerprint density at radius 3 is 2.82 bits per heavy atom. The van der Waals surface area contributed by atoms with E-state index in [1.54, 1.807) is 0 Å². The second-order valence-electron chi connectivity index (χ2n) is 2.64. The van der Waals surface area contributed by atoms with Gasteiger partial charge in [0.25, 0.3) is 0 Å². The first-order valence-electron chi connectivity index (χ1n) is 3.66. The van der Waals surface area contributed by atoms with Crippen LogP contribution < -0.4 is 0 Å². The van der Waals surface area contributed by atoms with Crippen molar-refractivity contribution in [2.45, 2.75) is 6.42 Å². The lowest BCUT2D eigenvalue weighted by Gasteiger charge is -2.25. The fourth-order valence-corrected chi connectivity index (χ4v) is 0.861. The molecule has 11 heavy (non-hydrogen) atoms. The van der Waals surface area contributed by atoms with Gasteiger partial charge in [-0.2, -0.15) is 0 Å². The van der Waals surface area contributed by atoms with Gasteiger partial charge in [0.2, 0.25) is 0 Å². The molecule has 0 aromatic carbocycles. The van der Waals surface area contributed by atoms with E-state index in [1.807, 2.05) is 0 Å². The first-order chi connectivity index (χ1) is 5.29. The molecule has 1 N–H and O–H groups in total. The number of ether oxygens (including phenoxy) is 2. The maximum Gasteiger partial charge on any atom is 0.329 e. The molecule has 0 unspecified atom stereocenters. The van der Waals surface area contributed by atoms with Crippen LogP contribution >= 0.6 is 0 Å². The van der Waals surface area contributed by atoms with Crippen molar-refractivity contribution in [3.8, 4) is 0 Å². The largest absolute Gasteiger partial charge is 0.480 e. The maximum atomic E-state index is 9.98. The lowest BCUT2D eigenvalue weighted by atomic mass is 10.1.